The summed E-state index contributed by atoms with van der Waals surface area (Å²) in [6.45, 7) is 4.15. The normalized spacial score (nSPS) is 12.2. The summed E-state index contributed by atoms with van der Waals surface area (Å²) in [4.78, 5) is 11.6. The van der Waals surface area contributed by atoms with Gasteiger partial charge >= 0.3 is 5.97 Å². The van der Waals surface area contributed by atoms with Gasteiger partial charge in [-0.1, -0.05) is 17.7 Å². The summed E-state index contributed by atoms with van der Waals surface area (Å²) in [6.07, 6.45) is -0.0415. The van der Waals surface area contributed by atoms with Crippen LogP contribution in [-0.2, 0) is 20.7 Å². The first kappa shape index (κ1) is 13.5. The molecular formula is C13H19NO3. The van der Waals surface area contributed by atoms with Gasteiger partial charge in [0.05, 0.1) is 13.0 Å². The molecule has 0 saturated heterocycles. The van der Waals surface area contributed by atoms with Gasteiger partial charge in [0, 0.05) is 12.8 Å². The number of carbonyl (C=O) groups excluding carboxylic acids is 1. The molecule has 0 fully saturated rings. The number of methoxy groups -OCH3 is 1. The van der Waals surface area contributed by atoms with Gasteiger partial charge < -0.3 is 15.2 Å². The first-order valence-corrected chi connectivity index (χ1v) is 5.56. The van der Waals surface area contributed by atoms with E-state index in [2.05, 4.69) is 0 Å². The van der Waals surface area contributed by atoms with Gasteiger partial charge in [-0.25, -0.2) is 0 Å². The van der Waals surface area contributed by atoms with E-state index < -0.39 is 0 Å². The van der Waals surface area contributed by atoms with E-state index in [-0.39, 0.29) is 18.5 Å². The second-order valence-corrected chi connectivity index (χ2v) is 4.13. The highest BCUT2D eigenvalue weighted by Crippen LogP contribution is 2.15. The summed E-state index contributed by atoms with van der Waals surface area (Å²) in [7, 11) is 1.57. The van der Waals surface area contributed by atoms with Crippen LogP contribution in [0.4, 0.5) is 5.69 Å². The molecule has 0 bridgehead atoms. The SMILES string of the molecule is COC[C@H](C)OC(=O)Cc1cc(C)ccc1N. The Hall–Kier alpha value is -1.55. The molecule has 0 saturated carbocycles. The van der Waals surface area contributed by atoms with E-state index in [4.69, 9.17) is 15.2 Å². The third-order valence-electron chi connectivity index (χ3n) is 2.37. The highest BCUT2D eigenvalue weighted by molar-refractivity contribution is 5.75. The third-order valence-corrected chi connectivity index (χ3v) is 2.37. The Morgan fingerprint density at radius 1 is 1.47 bits per heavy atom. The lowest BCUT2D eigenvalue weighted by Crippen LogP contribution is -2.21. The molecule has 17 heavy (non-hydrogen) atoms. The van der Waals surface area contributed by atoms with Gasteiger partial charge in [-0.15, -0.1) is 0 Å². The fourth-order valence-electron chi connectivity index (χ4n) is 1.58. The van der Waals surface area contributed by atoms with Crippen LogP contribution in [0.2, 0.25) is 0 Å². The summed E-state index contributed by atoms with van der Waals surface area (Å²) < 4.78 is 10.1. The Bertz CT molecular complexity index is 390. The summed E-state index contributed by atoms with van der Waals surface area (Å²) in [5, 5.41) is 0. The summed E-state index contributed by atoms with van der Waals surface area (Å²) in [6, 6.07) is 5.62. The Morgan fingerprint density at radius 3 is 2.82 bits per heavy atom. The number of nitrogen functional groups attached to an aromatic ring is 1. The molecule has 1 aromatic carbocycles. The summed E-state index contributed by atoms with van der Waals surface area (Å²) in [5.41, 5.74) is 8.29. The van der Waals surface area contributed by atoms with E-state index in [0.717, 1.165) is 11.1 Å². The van der Waals surface area contributed by atoms with E-state index >= 15 is 0 Å². The molecule has 0 unspecified atom stereocenters. The van der Waals surface area contributed by atoms with Crippen LogP contribution >= 0.6 is 0 Å². The molecule has 4 heteroatoms. The molecule has 0 aliphatic rings. The molecule has 0 aliphatic heterocycles. The fraction of sp³-hybridized carbons (Fsp3) is 0.462. The van der Waals surface area contributed by atoms with E-state index in [9.17, 15) is 4.79 Å². The molecule has 0 amide bonds. The molecule has 0 aliphatic carbocycles. The molecule has 1 aromatic rings. The molecule has 0 spiro atoms. The van der Waals surface area contributed by atoms with E-state index in [1.807, 2.05) is 19.1 Å². The number of rotatable bonds is 5. The second-order valence-electron chi connectivity index (χ2n) is 4.13. The van der Waals surface area contributed by atoms with Gasteiger partial charge in [0.25, 0.3) is 0 Å². The van der Waals surface area contributed by atoms with Crippen LogP contribution in [0.25, 0.3) is 0 Å². The molecule has 2 N–H and O–H groups in total. The fourth-order valence-corrected chi connectivity index (χ4v) is 1.58. The minimum absolute atomic E-state index is 0.196. The average Bonchev–Trinajstić information content (AvgIpc) is 2.23. The first-order chi connectivity index (χ1) is 8.02. The number of aryl methyl sites for hydroxylation is 1. The number of hydrogen-bond acceptors (Lipinski definition) is 4. The highest BCUT2D eigenvalue weighted by atomic mass is 16.6. The topological polar surface area (TPSA) is 61.5 Å². The minimum atomic E-state index is -0.285. The molecule has 94 valence electrons. The Morgan fingerprint density at radius 2 is 2.18 bits per heavy atom. The van der Waals surface area contributed by atoms with Crippen molar-refractivity contribution in [1.29, 1.82) is 0 Å². The lowest BCUT2D eigenvalue weighted by Gasteiger charge is -2.13. The summed E-state index contributed by atoms with van der Waals surface area (Å²) in [5.74, 6) is -0.285. The molecular weight excluding hydrogens is 218 g/mol. The van der Waals surface area contributed by atoms with Gasteiger partial charge in [0.15, 0.2) is 0 Å². The van der Waals surface area contributed by atoms with Crippen molar-refractivity contribution in [2.75, 3.05) is 19.5 Å². The van der Waals surface area contributed by atoms with Gasteiger partial charge in [0.2, 0.25) is 0 Å². The number of anilines is 1. The van der Waals surface area contributed by atoms with Gasteiger partial charge in [-0.3, -0.25) is 4.79 Å². The molecule has 0 heterocycles. The molecule has 0 aromatic heterocycles. The molecule has 1 rings (SSSR count). The van der Waals surface area contributed by atoms with Crippen molar-refractivity contribution in [2.24, 2.45) is 0 Å². The van der Waals surface area contributed by atoms with Crippen molar-refractivity contribution in [1.82, 2.24) is 0 Å². The van der Waals surface area contributed by atoms with Crippen molar-refractivity contribution in [3.63, 3.8) is 0 Å². The maximum Gasteiger partial charge on any atom is 0.310 e. The minimum Gasteiger partial charge on any atom is -0.460 e. The van der Waals surface area contributed by atoms with E-state index in [1.54, 1.807) is 20.1 Å². The maximum atomic E-state index is 11.6. The van der Waals surface area contributed by atoms with Crippen LogP contribution in [0.5, 0.6) is 0 Å². The van der Waals surface area contributed by atoms with E-state index in [0.29, 0.717) is 12.3 Å². The van der Waals surface area contributed by atoms with Gasteiger partial charge in [-0.05, 0) is 25.5 Å². The number of benzene rings is 1. The monoisotopic (exact) mass is 237 g/mol. The molecule has 4 nitrogen and oxygen atoms in total. The zero-order valence-corrected chi connectivity index (χ0v) is 10.5. The van der Waals surface area contributed by atoms with Crippen LogP contribution in [0, 0.1) is 6.92 Å². The average molecular weight is 237 g/mol. The maximum absolute atomic E-state index is 11.6. The van der Waals surface area contributed by atoms with Crippen molar-refractivity contribution >= 4 is 11.7 Å². The smallest absolute Gasteiger partial charge is 0.310 e. The standard InChI is InChI=1S/C13H19NO3/c1-9-4-5-12(14)11(6-9)7-13(15)17-10(2)8-16-3/h4-6,10H,7-8,14H2,1-3H3/t10-/m0/s1. The third kappa shape index (κ3) is 4.44. The quantitative estimate of drug-likeness (QED) is 0.625. The largest absolute Gasteiger partial charge is 0.460 e. The van der Waals surface area contributed by atoms with Gasteiger partial charge in [-0.2, -0.15) is 0 Å². The Balaban J connectivity index is 2.58. The zero-order valence-electron chi connectivity index (χ0n) is 10.5. The van der Waals surface area contributed by atoms with Crippen molar-refractivity contribution in [3.05, 3.63) is 29.3 Å². The Labute approximate surface area is 102 Å². The van der Waals surface area contributed by atoms with Crippen molar-refractivity contribution in [2.45, 2.75) is 26.4 Å². The summed E-state index contributed by atoms with van der Waals surface area (Å²) >= 11 is 0. The number of esters is 1. The predicted molar refractivity (Wildman–Crippen MR) is 66.7 cm³/mol. The van der Waals surface area contributed by atoms with Crippen LogP contribution in [0.15, 0.2) is 18.2 Å². The number of hydrogen-bond donors (Lipinski definition) is 1. The molecule has 0 radical (unpaired) electrons. The van der Waals surface area contributed by atoms with Crippen molar-refractivity contribution in [3.8, 4) is 0 Å². The number of carbonyl (C=O) groups is 1. The zero-order chi connectivity index (χ0) is 12.8. The van der Waals surface area contributed by atoms with E-state index in [1.165, 1.54) is 0 Å². The van der Waals surface area contributed by atoms with Crippen LogP contribution in [0.3, 0.4) is 0 Å². The van der Waals surface area contributed by atoms with Crippen LogP contribution < -0.4 is 5.73 Å². The Kier molecular flexibility index (Phi) is 4.97. The first-order valence-electron chi connectivity index (χ1n) is 5.56. The number of ether oxygens (including phenoxy) is 2. The van der Waals surface area contributed by atoms with Crippen molar-refractivity contribution < 1.29 is 14.3 Å². The van der Waals surface area contributed by atoms with Gasteiger partial charge in [0.1, 0.15) is 6.10 Å². The molecule has 1 atom stereocenters. The lowest BCUT2D eigenvalue weighted by atomic mass is 10.1. The number of nitrogens with two attached hydrogens (primary N) is 1. The van der Waals surface area contributed by atoms with Crippen LogP contribution in [-0.4, -0.2) is 25.8 Å². The lowest BCUT2D eigenvalue weighted by molar-refractivity contribution is -0.149. The predicted octanol–water partition coefficient (Wildman–Crippen LogP) is 1.70. The van der Waals surface area contributed by atoms with Crippen LogP contribution in [0.1, 0.15) is 18.1 Å². The highest BCUT2D eigenvalue weighted by Gasteiger charge is 2.11. The second kappa shape index (κ2) is 6.25.